The molecule has 0 aliphatic carbocycles. The van der Waals surface area contributed by atoms with Gasteiger partial charge in [0.2, 0.25) is 0 Å². The maximum atomic E-state index is 12.5. The van der Waals surface area contributed by atoms with E-state index in [-0.39, 0.29) is 95.1 Å². The summed E-state index contributed by atoms with van der Waals surface area (Å²) in [6, 6.07) is 19.2. The Morgan fingerprint density at radius 3 is 0.631 bits per heavy atom. The first-order valence-electron chi connectivity index (χ1n) is 23.7. The average molecular weight is 1140 g/mol. The molecular weight excluding hydrogens is 1110 g/mol. The molecule has 0 aliphatic rings. The van der Waals surface area contributed by atoms with Crippen LogP contribution in [0.5, 0.6) is 0 Å². The molecule has 10 rings (SSSR count). The van der Waals surface area contributed by atoms with Crippen LogP contribution in [0.4, 0.5) is 51.2 Å². The van der Waals surface area contributed by atoms with Crippen molar-refractivity contribution in [1.29, 1.82) is 0 Å². The van der Waals surface area contributed by atoms with Gasteiger partial charge >= 0.3 is 34.1 Å². The number of rotatable bonds is 15. The maximum absolute atomic E-state index is 12.5. The molecule has 0 atom stereocenters. The number of fused-ring (bicyclic) bond motifs is 6. The molecule has 84 heavy (non-hydrogen) atoms. The molecule has 0 N–H and O–H groups in total. The lowest BCUT2D eigenvalue weighted by molar-refractivity contribution is -0.422. The lowest BCUT2D eigenvalue weighted by Crippen LogP contribution is -2.06. The van der Waals surface area contributed by atoms with Gasteiger partial charge in [-0.3, -0.25) is 91.0 Å². The summed E-state index contributed by atoms with van der Waals surface area (Å²) in [6.45, 7) is 4.27. The Labute approximate surface area is 462 Å². The second-order valence-corrected chi connectivity index (χ2v) is 18.3. The first kappa shape index (κ1) is 54.5. The van der Waals surface area contributed by atoms with E-state index in [1.54, 1.807) is 0 Å². The van der Waals surface area contributed by atoms with E-state index in [1.165, 1.54) is 57.2 Å². The molecule has 0 amide bonds. The third kappa shape index (κ3) is 9.37. The number of nitro groups is 9. The summed E-state index contributed by atoms with van der Waals surface area (Å²) in [7, 11) is 0. The lowest BCUT2D eigenvalue weighted by atomic mass is 9.98. The Kier molecular flexibility index (Phi) is 13.3. The van der Waals surface area contributed by atoms with Gasteiger partial charge in [0.15, 0.2) is 0 Å². The summed E-state index contributed by atoms with van der Waals surface area (Å²) in [6.07, 6.45) is 0. The minimum Gasteiger partial charge on any atom is -0.258 e. The fraction of sp³-hybridized carbons (Fsp3) is 0.0588. The van der Waals surface area contributed by atoms with Crippen LogP contribution in [-0.4, -0.2) is 74.2 Å². The van der Waals surface area contributed by atoms with Crippen molar-refractivity contribution < 1.29 is 44.3 Å². The summed E-state index contributed by atoms with van der Waals surface area (Å²) in [5.74, 6) is 0. The van der Waals surface area contributed by atoms with Crippen molar-refractivity contribution in [2.45, 2.75) is 20.8 Å². The number of hydrogen-bond acceptors (Lipinski definition) is 24. The summed E-state index contributed by atoms with van der Waals surface area (Å²) >= 11 is 0. The molecule has 0 bridgehead atoms. The van der Waals surface area contributed by atoms with E-state index in [0.717, 1.165) is 72.8 Å². The fourth-order valence-electron chi connectivity index (χ4n) is 9.33. The molecule has 0 radical (unpaired) electrons. The second kappa shape index (κ2) is 20.4. The number of benzene rings is 7. The van der Waals surface area contributed by atoms with Crippen LogP contribution in [0.15, 0.2) is 109 Å². The zero-order valence-corrected chi connectivity index (χ0v) is 42.4. The van der Waals surface area contributed by atoms with Gasteiger partial charge in [0.1, 0.15) is 33.1 Å². The van der Waals surface area contributed by atoms with Crippen molar-refractivity contribution in [3.8, 4) is 67.5 Å². The van der Waals surface area contributed by atoms with Gasteiger partial charge in [0, 0.05) is 105 Å². The SMILES string of the molecule is Cc1cc(-c2nc3c4nc(-c5ccc(C)c([N+](=O)[O-])c5)c(-c5ccc(C)c([N+](=O)[O-])c5)nc4c4nc(-c5ccc([N+](=O)[O-])c([N+](=O)[O-])c5)c(-c5ccc([N+](=O)[O-])c([N+](=O)[O-])c5)nc4c3nc2-c2ccc([N+](=O)[O-])c([N+](=O)[O-])c2)ccc1[N+](=O)[O-]. The molecule has 3 aromatic heterocycles. The van der Waals surface area contributed by atoms with Crippen molar-refractivity contribution in [1.82, 2.24) is 29.9 Å². The summed E-state index contributed by atoms with van der Waals surface area (Å²) in [5, 5.41) is 111. The number of aryl methyl sites for hydroxylation is 3. The quantitative estimate of drug-likeness (QED) is 0.0522. The molecule has 0 spiro atoms. The third-order valence-corrected chi connectivity index (χ3v) is 13.3. The Balaban J connectivity index is 1.48. The van der Waals surface area contributed by atoms with E-state index in [2.05, 4.69) is 0 Å². The monoisotopic (exact) mass is 1140 g/mol. The Hall–Kier alpha value is -12.8. The number of nitro benzene ring substituents is 9. The number of nitrogens with zero attached hydrogens (tertiary/aromatic N) is 15. The molecule has 0 aliphatic heterocycles. The summed E-state index contributed by atoms with van der Waals surface area (Å²) in [4.78, 5) is 132. The van der Waals surface area contributed by atoms with Crippen molar-refractivity contribution in [2.24, 2.45) is 0 Å². The molecule has 414 valence electrons. The predicted octanol–water partition coefficient (Wildman–Crippen LogP) is 11.6. The highest BCUT2D eigenvalue weighted by atomic mass is 16.7. The topological polar surface area (TPSA) is 466 Å². The van der Waals surface area contributed by atoms with Gasteiger partial charge < -0.3 is 0 Å². The molecule has 3 heterocycles. The van der Waals surface area contributed by atoms with E-state index in [0.29, 0.717) is 0 Å². The van der Waals surface area contributed by atoms with Gasteiger partial charge in [0.25, 0.3) is 17.1 Å². The van der Waals surface area contributed by atoms with E-state index in [9.17, 15) is 91.0 Å². The molecule has 10 aromatic rings. The second-order valence-electron chi connectivity index (χ2n) is 18.3. The van der Waals surface area contributed by atoms with Crippen LogP contribution < -0.4 is 0 Å². The van der Waals surface area contributed by atoms with Crippen LogP contribution in [-0.2, 0) is 0 Å². The zero-order valence-electron chi connectivity index (χ0n) is 42.4. The van der Waals surface area contributed by atoms with Crippen LogP contribution >= 0.6 is 0 Å². The molecule has 7 aromatic carbocycles. The standard InChI is InChI=1S/C51H27N15O18/c1-22-4-6-26(17-35(22)62(75)76)41-42(27-7-5-23(2)36(18-27)63(77)78)54-49-47(53-41)46-48(55-43(28-9-13-32(59(69)70)37(19-28)64(79)80)40(52-46)25-8-12-31(58(67)68)24(3)16-25)50-51(49)57-45(30-11-15-34(61(73)74)39(21-30)66(83)84)44(56-50)29-10-14-33(60(71)72)38(20-29)65(81)82/h4-21H,1-3H3. The van der Waals surface area contributed by atoms with E-state index in [1.807, 2.05) is 0 Å². The molecule has 0 saturated heterocycles. The van der Waals surface area contributed by atoms with Crippen molar-refractivity contribution in [3.63, 3.8) is 0 Å². The van der Waals surface area contributed by atoms with Crippen LogP contribution in [0.2, 0.25) is 0 Å². The van der Waals surface area contributed by atoms with Crippen molar-refractivity contribution in [2.75, 3.05) is 0 Å². The first-order valence-corrected chi connectivity index (χ1v) is 23.7. The molecular formula is C51H27N15O18. The predicted molar refractivity (Wildman–Crippen MR) is 292 cm³/mol. The zero-order chi connectivity index (χ0) is 60.5. The third-order valence-electron chi connectivity index (χ3n) is 13.3. The van der Waals surface area contributed by atoms with Crippen LogP contribution in [0.25, 0.3) is 101 Å². The highest BCUT2D eigenvalue weighted by molar-refractivity contribution is 6.20. The number of aromatic nitrogens is 6. The van der Waals surface area contributed by atoms with Gasteiger partial charge in [-0.15, -0.1) is 0 Å². The average Bonchev–Trinajstić information content (AvgIpc) is 0.892. The Bertz CT molecular complexity index is 4750. The summed E-state index contributed by atoms with van der Waals surface area (Å²) in [5.41, 5.74) is -12.2. The highest BCUT2D eigenvalue weighted by Crippen LogP contribution is 2.45. The lowest BCUT2D eigenvalue weighted by Gasteiger charge is -2.17. The molecule has 33 nitrogen and oxygen atoms in total. The minimum atomic E-state index is -1.10. The minimum absolute atomic E-state index is 0.0118. The Morgan fingerprint density at radius 2 is 0.417 bits per heavy atom. The van der Waals surface area contributed by atoms with Crippen LogP contribution in [0.1, 0.15) is 16.7 Å². The van der Waals surface area contributed by atoms with E-state index in [4.69, 9.17) is 29.9 Å². The van der Waals surface area contributed by atoms with Gasteiger partial charge in [-0.1, -0.05) is 24.3 Å². The van der Waals surface area contributed by atoms with Crippen molar-refractivity contribution >= 4 is 84.3 Å². The smallest absolute Gasteiger partial charge is 0.258 e. The molecule has 0 unspecified atom stereocenters. The number of hydrogen-bond donors (Lipinski definition) is 0. The summed E-state index contributed by atoms with van der Waals surface area (Å²) < 4.78 is 0. The highest BCUT2D eigenvalue weighted by Gasteiger charge is 2.33. The maximum Gasteiger partial charge on any atom is 0.346 e. The molecule has 0 fully saturated rings. The van der Waals surface area contributed by atoms with E-state index >= 15 is 0 Å². The molecule has 0 saturated carbocycles. The van der Waals surface area contributed by atoms with Gasteiger partial charge in [-0.2, -0.15) is 0 Å². The van der Waals surface area contributed by atoms with Gasteiger partial charge in [-0.05, 0) is 51.1 Å². The van der Waals surface area contributed by atoms with Crippen molar-refractivity contribution in [3.05, 3.63) is 217 Å². The van der Waals surface area contributed by atoms with Crippen LogP contribution in [0.3, 0.4) is 0 Å². The van der Waals surface area contributed by atoms with Crippen LogP contribution in [0, 0.1) is 112 Å². The van der Waals surface area contributed by atoms with E-state index < -0.39 is 118 Å². The normalized spacial score (nSPS) is 11.2. The molecule has 33 heteroatoms. The van der Waals surface area contributed by atoms with Gasteiger partial charge in [-0.25, -0.2) is 29.9 Å². The largest absolute Gasteiger partial charge is 0.346 e. The fourth-order valence-corrected chi connectivity index (χ4v) is 9.33. The Morgan fingerprint density at radius 1 is 0.226 bits per heavy atom. The first-order chi connectivity index (χ1) is 39.8. The van der Waals surface area contributed by atoms with Gasteiger partial charge in [0.05, 0.1) is 78.5 Å².